The summed E-state index contributed by atoms with van der Waals surface area (Å²) >= 11 is 0. The minimum absolute atomic E-state index is 0.182. The lowest BCUT2D eigenvalue weighted by atomic mass is 9.96. The summed E-state index contributed by atoms with van der Waals surface area (Å²) in [5, 5.41) is 0. The van der Waals surface area contributed by atoms with Crippen LogP contribution in [0.4, 0.5) is 0 Å². The van der Waals surface area contributed by atoms with E-state index in [-0.39, 0.29) is 20.0 Å². The molecule has 0 radical (unpaired) electrons. The summed E-state index contributed by atoms with van der Waals surface area (Å²) in [6.07, 6.45) is -2.72. The number of esters is 4. The Balaban J connectivity index is 2.91. The van der Waals surface area contributed by atoms with Crippen molar-refractivity contribution in [3.8, 4) is 0 Å². The van der Waals surface area contributed by atoms with E-state index in [2.05, 4.69) is 0 Å². The van der Waals surface area contributed by atoms with Crippen molar-refractivity contribution < 1.29 is 57.1 Å². The maximum Gasteiger partial charge on any atom is 0.304 e. The highest BCUT2D eigenvalue weighted by molar-refractivity contribution is 5.66. The molecule has 4 atom stereocenters. The minimum atomic E-state index is -0.982. The zero-order valence-corrected chi connectivity index (χ0v) is 16.7. The molecule has 0 aromatic heterocycles. The lowest BCUT2D eigenvalue weighted by molar-refractivity contribution is -0.324. The van der Waals surface area contributed by atoms with Crippen molar-refractivity contribution in [1.29, 1.82) is 0 Å². The molecule has 1 fully saturated rings. The molecule has 0 aromatic rings. The Labute approximate surface area is 167 Å². The fraction of sp³-hybridized carbons (Fsp3) is 0.765. The van der Waals surface area contributed by atoms with Crippen LogP contribution in [-0.2, 0) is 57.1 Å². The molecule has 29 heavy (non-hydrogen) atoms. The molecule has 0 aromatic carbocycles. The number of hydrogen-bond donors (Lipinski definition) is 0. The normalized spacial score (nSPS) is 22.3. The molecule has 166 valence electrons. The van der Waals surface area contributed by atoms with E-state index in [9.17, 15) is 19.2 Å². The Hall–Kier alpha value is -2.28. The van der Waals surface area contributed by atoms with Crippen LogP contribution in [0.3, 0.4) is 0 Å². The van der Waals surface area contributed by atoms with Crippen molar-refractivity contribution in [1.82, 2.24) is 0 Å². The van der Waals surface area contributed by atoms with Gasteiger partial charge in [0.25, 0.3) is 0 Å². The molecule has 0 N–H and O–H groups in total. The van der Waals surface area contributed by atoms with Crippen LogP contribution in [-0.4, -0.2) is 76.0 Å². The van der Waals surface area contributed by atoms with Crippen LogP contribution in [0.2, 0.25) is 0 Å². The topological polar surface area (TPSA) is 142 Å². The molecule has 1 saturated heterocycles. The number of hydrogen-bond acceptors (Lipinski definition) is 12. The molecule has 0 spiro atoms. The van der Waals surface area contributed by atoms with E-state index in [1.54, 1.807) is 0 Å². The third-order valence-electron chi connectivity index (χ3n) is 3.60. The fourth-order valence-corrected chi connectivity index (χ4v) is 2.35. The van der Waals surface area contributed by atoms with Crippen LogP contribution in [0, 0.1) is 5.92 Å². The highest BCUT2D eigenvalue weighted by Crippen LogP contribution is 2.27. The van der Waals surface area contributed by atoms with Gasteiger partial charge in [-0.2, -0.15) is 0 Å². The van der Waals surface area contributed by atoms with Crippen molar-refractivity contribution in [2.45, 2.75) is 46.2 Å². The average molecular weight is 422 g/mol. The number of carbonyl (C=O) groups is 4. The first kappa shape index (κ1) is 24.8. The average Bonchev–Trinajstić information content (AvgIpc) is 2.62. The van der Waals surface area contributed by atoms with Crippen molar-refractivity contribution in [2.24, 2.45) is 5.92 Å². The summed E-state index contributed by atoms with van der Waals surface area (Å²) in [7, 11) is 0. The zero-order valence-electron chi connectivity index (χ0n) is 16.7. The van der Waals surface area contributed by atoms with Gasteiger partial charge in [0.05, 0.1) is 5.92 Å². The summed E-state index contributed by atoms with van der Waals surface area (Å²) in [6.45, 7) is 3.42. The van der Waals surface area contributed by atoms with E-state index < -0.39 is 61.9 Å². The van der Waals surface area contributed by atoms with Gasteiger partial charge in [-0.25, -0.2) is 0 Å². The predicted molar refractivity (Wildman–Crippen MR) is 90.6 cm³/mol. The Morgan fingerprint density at radius 3 is 2.00 bits per heavy atom. The van der Waals surface area contributed by atoms with Gasteiger partial charge in [0.2, 0.25) is 0 Å². The molecule has 4 unspecified atom stereocenters. The third kappa shape index (κ3) is 10.2. The van der Waals surface area contributed by atoms with E-state index in [1.165, 1.54) is 27.7 Å². The lowest BCUT2D eigenvalue weighted by Gasteiger charge is -2.40. The Morgan fingerprint density at radius 1 is 0.828 bits per heavy atom. The van der Waals surface area contributed by atoms with E-state index in [0.29, 0.717) is 0 Å². The highest BCUT2D eigenvalue weighted by Gasteiger charge is 2.42. The molecule has 1 rings (SSSR count). The van der Waals surface area contributed by atoms with Gasteiger partial charge in [0.1, 0.15) is 32.2 Å². The molecular formula is C17H26O12. The minimum Gasteiger partial charge on any atom is -0.465 e. The molecule has 1 aliphatic rings. The second-order valence-electron chi connectivity index (χ2n) is 5.93. The van der Waals surface area contributed by atoms with Crippen molar-refractivity contribution >= 4 is 23.9 Å². The highest BCUT2D eigenvalue weighted by atomic mass is 16.8. The van der Waals surface area contributed by atoms with Gasteiger partial charge in [-0.15, -0.1) is 0 Å². The van der Waals surface area contributed by atoms with Crippen LogP contribution in [0.15, 0.2) is 0 Å². The summed E-state index contributed by atoms with van der Waals surface area (Å²) in [5.41, 5.74) is 0. The van der Waals surface area contributed by atoms with Gasteiger partial charge in [0.15, 0.2) is 19.9 Å². The van der Waals surface area contributed by atoms with E-state index in [4.69, 9.17) is 37.9 Å². The Morgan fingerprint density at radius 2 is 1.41 bits per heavy atom. The Kier molecular flexibility index (Phi) is 11.1. The first-order valence-electron chi connectivity index (χ1n) is 8.70. The second kappa shape index (κ2) is 13.0. The van der Waals surface area contributed by atoms with Crippen molar-refractivity contribution in [2.75, 3.05) is 33.6 Å². The molecular weight excluding hydrogens is 396 g/mol. The monoisotopic (exact) mass is 422 g/mol. The van der Waals surface area contributed by atoms with E-state index in [1.807, 2.05) is 0 Å². The molecule has 0 amide bonds. The summed E-state index contributed by atoms with van der Waals surface area (Å²) < 4.78 is 41.4. The molecule has 12 nitrogen and oxygen atoms in total. The zero-order chi connectivity index (χ0) is 21.8. The smallest absolute Gasteiger partial charge is 0.304 e. The van der Waals surface area contributed by atoms with Crippen LogP contribution in [0.25, 0.3) is 0 Å². The van der Waals surface area contributed by atoms with Gasteiger partial charge < -0.3 is 37.9 Å². The summed E-state index contributed by atoms with van der Waals surface area (Å²) in [5.74, 6) is -2.96. The van der Waals surface area contributed by atoms with Crippen LogP contribution >= 0.6 is 0 Å². The standard InChI is InChI=1S/C17H26O12/c1-10(18)22-5-14-16(27-9-29-17(14)28-8-25-13(4)21)15(6-23-11(2)19)26-7-24-12(3)20/h14-17H,5-9H2,1-4H3. The van der Waals surface area contributed by atoms with Crippen LogP contribution < -0.4 is 0 Å². The largest absolute Gasteiger partial charge is 0.465 e. The van der Waals surface area contributed by atoms with Gasteiger partial charge >= 0.3 is 23.9 Å². The molecule has 0 bridgehead atoms. The maximum absolute atomic E-state index is 11.3. The quantitative estimate of drug-likeness (QED) is 0.249. The molecule has 1 heterocycles. The first-order valence-corrected chi connectivity index (χ1v) is 8.70. The SMILES string of the molecule is CC(=O)OCOC(COC(C)=O)C1OCOC(OCOC(C)=O)C1COC(C)=O. The number of carbonyl (C=O) groups excluding carboxylic acids is 4. The second-order valence-corrected chi connectivity index (χ2v) is 5.93. The van der Waals surface area contributed by atoms with Crippen molar-refractivity contribution in [3.05, 3.63) is 0 Å². The number of rotatable bonds is 11. The maximum atomic E-state index is 11.3. The van der Waals surface area contributed by atoms with E-state index in [0.717, 1.165) is 0 Å². The predicted octanol–water partition coefficient (Wildman–Crippen LogP) is -0.129. The summed E-state index contributed by atoms with van der Waals surface area (Å²) in [4.78, 5) is 44.4. The summed E-state index contributed by atoms with van der Waals surface area (Å²) in [6, 6.07) is 0. The van der Waals surface area contributed by atoms with E-state index >= 15 is 0 Å². The lowest BCUT2D eigenvalue weighted by Crippen LogP contribution is -2.53. The fourth-order valence-electron chi connectivity index (χ4n) is 2.35. The van der Waals surface area contributed by atoms with Gasteiger partial charge in [-0.05, 0) is 0 Å². The molecule has 12 heteroatoms. The van der Waals surface area contributed by atoms with Gasteiger partial charge in [-0.3, -0.25) is 19.2 Å². The van der Waals surface area contributed by atoms with Crippen LogP contribution in [0.1, 0.15) is 27.7 Å². The number of ether oxygens (including phenoxy) is 8. The Bertz CT molecular complexity index is 563. The van der Waals surface area contributed by atoms with Crippen molar-refractivity contribution in [3.63, 3.8) is 0 Å². The van der Waals surface area contributed by atoms with Crippen LogP contribution in [0.5, 0.6) is 0 Å². The molecule has 1 aliphatic heterocycles. The van der Waals surface area contributed by atoms with Gasteiger partial charge in [0, 0.05) is 27.7 Å². The molecule has 0 saturated carbocycles. The van der Waals surface area contributed by atoms with Gasteiger partial charge in [-0.1, -0.05) is 0 Å². The third-order valence-corrected chi connectivity index (χ3v) is 3.60. The first-order chi connectivity index (χ1) is 13.7. The molecule has 0 aliphatic carbocycles.